The highest BCUT2D eigenvalue weighted by molar-refractivity contribution is 5.40. The molecular formula is C13H16F3NO2. The average Bonchev–Trinajstić information content (AvgIpc) is 2.80. The van der Waals surface area contributed by atoms with Gasteiger partial charge in [0.2, 0.25) is 0 Å². The Balaban J connectivity index is 1.81. The zero-order valence-electron chi connectivity index (χ0n) is 10.4. The average molecular weight is 275 g/mol. The number of halogens is 3. The quantitative estimate of drug-likeness (QED) is 0.840. The largest absolute Gasteiger partial charge is 0.493 e. The Morgan fingerprint density at radius 2 is 2.16 bits per heavy atom. The monoisotopic (exact) mass is 275 g/mol. The Kier molecular flexibility index (Phi) is 4.31. The van der Waals surface area contributed by atoms with Crippen LogP contribution < -0.4 is 10.5 Å². The van der Waals surface area contributed by atoms with Crippen molar-refractivity contribution in [2.24, 2.45) is 5.73 Å². The molecule has 2 N–H and O–H groups in total. The van der Waals surface area contributed by atoms with Crippen LogP contribution in [0.25, 0.3) is 0 Å². The molecule has 1 aromatic rings. The predicted octanol–water partition coefficient (Wildman–Crippen LogP) is 2.59. The van der Waals surface area contributed by atoms with E-state index < -0.39 is 12.8 Å². The minimum absolute atomic E-state index is 0.00569. The summed E-state index contributed by atoms with van der Waals surface area (Å²) in [5.41, 5.74) is 7.94. The lowest BCUT2D eigenvalue weighted by Crippen LogP contribution is -2.19. The maximum atomic E-state index is 11.9. The summed E-state index contributed by atoms with van der Waals surface area (Å²) in [6.07, 6.45) is -3.08. The number of alkyl halides is 3. The first-order valence-corrected chi connectivity index (χ1v) is 6.11. The minimum atomic E-state index is -4.28. The summed E-state index contributed by atoms with van der Waals surface area (Å²) < 4.78 is 45.6. The van der Waals surface area contributed by atoms with E-state index in [2.05, 4.69) is 4.74 Å². The van der Waals surface area contributed by atoms with Crippen molar-refractivity contribution in [3.8, 4) is 5.75 Å². The summed E-state index contributed by atoms with van der Waals surface area (Å²) in [4.78, 5) is 0. The molecule has 1 unspecified atom stereocenters. The van der Waals surface area contributed by atoms with Gasteiger partial charge in [0.25, 0.3) is 0 Å². The van der Waals surface area contributed by atoms with Gasteiger partial charge in [0.15, 0.2) is 0 Å². The van der Waals surface area contributed by atoms with E-state index in [1.165, 1.54) is 0 Å². The lowest BCUT2D eigenvalue weighted by atomic mass is 10.0. The fraction of sp³-hybridized carbons (Fsp3) is 0.538. The van der Waals surface area contributed by atoms with Crippen molar-refractivity contribution in [1.82, 2.24) is 0 Å². The highest BCUT2D eigenvalue weighted by Gasteiger charge is 2.27. The van der Waals surface area contributed by atoms with E-state index in [0.29, 0.717) is 13.0 Å². The number of nitrogens with two attached hydrogens (primary N) is 1. The molecule has 1 heterocycles. The van der Waals surface area contributed by atoms with Crippen molar-refractivity contribution in [2.75, 3.05) is 19.8 Å². The highest BCUT2D eigenvalue weighted by atomic mass is 19.4. The van der Waals surface area contributed by atoms with Gasteiger partial charge in [-0.1, -0.05) is 12.1 Å². The van der Waals surface area contributed by atoms with E-state index in [0.717, 1.165) is 23.3 Å². The van der Waals surface area contributed by atoms with Crippen LogP contribution in [0.1, 0.15) is 23.6 Å². The molecule has 1 aliphatic heterocycles. The third kappa shape index (κ3) is 4.11. The van der Waals surface area contributed by atoms with Crippen LogP contribution >= 0.6 is 0 Å². The van der Waals surface area contributed by atoms with Crippen molar-refractivity contribution < 1.29 is 22.6 Å². The summed E-state index contributed by atoms with van der Waals surface area (Å²) in [6, 6.07) is 5.34. The van der Waals surface area contributed by atoms with Gasteiger partial charge in [0.1, 0.15) is 12.4 Å². The molecule has 0 saturated heterocycles. The Hall–Kier alpha value is -1.27. The number of fused-ring (bicyclic) bond motifs is 1. The number of hydrogen-bond acceptors (Lipinski definition) is 3. The predicted molar refractivity (Wildman–Crippen MR) is 64.1 cm³/mol. The first kappa shape index (κ1) is 14.1. The molecule has 3 nitrogen and oxygen atoms in total. The molecule has 106 valence electrons. The Labute approximate surface area is 109 Å². The molecule has 19 heavy (non-hydrogen) atoms. The molecule has 0 spiro atoms. The maximum absolute atomic E-state index is 11.9. The van der Waals surface area contributed by atoms with Crippen LogP contribution in [0.3, 0.4) is 0 Å². The van der Waals surface area contributed by atoms with E-state index in [-0.39, 0.29) is 12.6 Å². The van der Waals surface area contributed by atoms with E-state index >= 15 is 0 Å². The van der Waals surface area contributed by atoms with Crippen LogP contribution in [0.4, 0.5) is 13.2 Å². The van der Waals surface area contributed by atoms with E-state index in [9.17, 15) is 13.2 Å². The fourth-order valence-electron chi connectivity index (χ4n) is 2.00. The van der Waals surface area contributed by atoms with Crippen LogP contribution in [0.15, 0.2) is 18.2 Å². The van der Waals surface area contributed by atoms with Crippen LogP contribution in [0.2, 0.25) is 0 Å². The third-order valence-electron chi connectivity index (χ3n) is 2.98. The molecule has 0 saturated carbocycles. The van der Waals surface area contributed by atoms with Gasteiger partial charge in [-0.05, 0) is 23.6 Å². The lowest BCUT2D eigenvalue weighted by Gasteiger charge is -2.14. The SMILES string of the molecule is NC(CCOCC(F)(F)F)c1ccc2c(c1)CCO2. The van der Waals surface area contributed by atoms with Gasteiger partial charge in [0.05, 0.1) is 6.61 Å². The van der Waals surface area contributed by atoms with Crippen LogP contribution in [-0.2, 0) is 11.2 Å². The molecule has 0 bridgehead atoms. The van der Waals surface area contributed by atoms with Gasteiger partial charge in [-0.3, -0.25) is 0 Å². The van der Waals surface area contributed by atoms with E-state index in [4.69, 9.17) is 10.5 Å². The number of benzene rings is 1. The van der Waals surface area contributed by atoms with Crippen molar-refractivity contribution in [2.45, 2.75) is 25.1 Å². The molecule has 2 rings (SSSR count). The molecular weight excluding hydrogens is 259 g/mol. The summed E-state index contributed by atoms with van der Waals surface area (Å²) >= 11 is 0. The highest BCUT2D eigenvalue weighted by Crippen LogP contribution is 2.28. The Morgan fingerprint density at radius 3 is 2.89 bits per heavy atom. The van der Waals surface area contributed by atoms with Crippen molar-refractivity contribution in [3.63, 3.8) is 0 Å². The first-order valence-electron chi connectivity index (χ1n) is 6.11. The summed E-state index contributed by atoms with van der Waals surface area (Å²) in [6.45, 7) is -0.561. The standard InChI is InChI=1S/C13H16F3NO2/c14-13(15,16)8-18-5-4-11(17)9-1-2-12-10(7-9)3-6-19-12/h1-2,7,11H,3-6,8,17H2. The van der Waals surface area contributed by atoms with Crippen LogP contribution in [0.5, 0.6) is 5.75 Å². The number of ether oxygens (including phenoxy) is 2. The summed E-state index contributed by atoms with van der Waals surface area (Å²) in [5.74, 6) is 0.865. The van der Waals surface area contributed by atoms with Crippen LogP contribution in [-0.4, -0.2) is 26.0 Å². The van der Waals surface area contributed by atoms with Gasteiger partial charge in [-0.2, -0.15) is 13.2 Å². The normalized spacial score (nSPS) is 16.0. The molecule has 0 fully saturated rings. The fourth-order valence-corrected chi connectivity index (χ4v) is 2.00. The molecule has 0 aliphatic carbocycles. The van der Waals surface area contributed by atoms with Crippen LogP contribution in [0, 0.1) is 0 Å². The summed E-state index contributed by atoms with van der Waals surface area (Å²) in [5, 5.41) is 0. The van der Waals surface area contributed by atoms with E-state index in [1.807, 2.05) is 18.2 Å². The second-order valence-corrected chi connectivity index (χ2v) is 4.53. The topological polar surface area (TPSA) is 44.5 Å². The molecule has 1 aliphatic rings. The van der Waals surface area contributed by atoms with Crippen molar-refractivity contribution in [1.29, 1.82) is 0 Å². The molecule has 1 aromatic carbocycles. The Morgan fingerprint density at radius 1 is 1.37 bits per heavy atom. The zero-order chi connectivity index (χ0) is 13.9. The maximum Gasteiger partial charge on any atom is 0.411 e. The molecule has 6 heteroatoms. The van der Waals surface area contributed by atoms with E-state index in [1.54, 1.807) is 0 Å². The molecule has 0 aromatic heterocycles. The minimum Gasteiger partial charge on any atom is -0.493 e. The molecule has 0 radical (unpaired) electrons. The third-order valence-corrected chi connectivity index (χ3v) is 2.98. The van der Waals surface area contributed by atoms with Gasteiger partial charge in [-0.15, -0.1) is 0 Å². The van der Waals surface area contributed by atoms with Gasteiger partial charge < -0.3 is 15.2 Å². The second kappa shape index (κ2) is 5.79. The van der Waals surface area contributed by atoms with Gasteiger partial charge >= 0.3 is 6.18 Å². The zero-order valence-corrected chi connectivity index (χ0v) is 10.4. The first-order chi connectivity index (χ1) is 8.96. The molecule has 1 atom stereocenters. The second-order valence-electron chi connectivity index (χ2n) is 4.53. The number of rotatable bonds is 5. The summed E-state index contributed by atoms with van der Waals surface area (Å²) in [7, 11) is 0. The molecule has 0 amide bonds. The van der Waals surface area contributed by atoms with Crippen molar-refractivity contribution >= 4 is 0 Å². The van der Waals surface area contributed by atoms with Gasteiger partial charge in [-0.25, -0.2) is 0 Å². The Bertz CT molecular complexity index is 434. The lowest BCUT2D eigenvalue weighted by molar-refractivity contribution is -0.174. The smallest absolute Gasteiger partial charge is 0.411 e. The van der Waals surface area contributed by atoms with Crippen molar-refractivity contribution in [3.05, 3.63) is 29.3 Å². The number of hydrogen-bond donors (Lipinski definition) is 1. The van der Waals surface area contributed by atoms with Gasteiger partial charge in [0, 0.05) is 19.1 Å².